The molecule has 5 nitrogen and oxygen atoms in total. The van der Waals surface area contributed by atoms with Crippen molar-refractivity contribution in [3.05, 3.63) is 17.5 Å². The molecule has 1 saturated heterocycles. The van der Waals surface area contributed by atoms with Gasteiger partial charge in [0, 0.05) is 24.8 Å². The Balaban J connectivity index is 2.27. The first kappa shape index (κ1) is 11.8. The molecule has 1 aliphatic heterocycles. The van der Waals surface area contributed by atoms with Gasteiger partial charge in [0.05, 0.1) is 0 Å². The quantitative estimate of drug-likeness (QED) is 0.835. The maximum absolute atomic E-state index is 8.93. The number of aryl methyl sites for hydroxylation is 1. The van der Waals surface area contributed by atoms with Crippen LogP contribution in [0.15, 0.2) is 6.07 Å². The van der Waals surface area contributed by atoms with E-state index >= 15 is 0 Å². The third kappa shape index (κ3) is 2.53. The van der Waals surface area contributed by atoms with Crippen LogP contribution >= 0.6 is 0 Å². The minimum absolute atomic E-state index is 0.438. The molecule has 0 amide bonds. The smallest absolute Gasteiger partial charge is 0.227 e. The zero-order valence-electron chi connectivity index (χ0n) is 10.3. The third-order valence-corrected chi connectivity index (χ3v) is 3.03. The van der Waals surface area contributed by atoms with Crippen LogP contribution in [0.2, 0.25) is 0 Å². The number of nitriles is 1. The Kier molecular flexibility index (Phi) is 3.55. The molecule has 5 heteroatoms. The van der Waals surface area contributed by atoms with Gasteiger partial charge in [-0.3, -0.25) is 0 Å². The van der Waals surface area contributed by atoms with Crippen LogP contribution in [0.4, 0.5) is 5.95 Å². The van der Waals surface area contributed by atoms with E-state index in [1.165, 1.54) is 0 Å². The fourth-order valence-electron chi connectivity index (χ4n) is 2.29. The molecule has 1 unspecified atom stereocenters. The Hall–Kier alpha value is -1.67. The van der Waals surface area contributed by atoms with Gasteiger partial charge < -0.3 is 10.2 Å². The molecule has 1 aromatic heterocycles. The minimum atomic E-state index is 0.438. The largest absolute Gasteiger partial charge is 0.337 e. The topological polar surface area (TPSA) is 64.8 Å². The molecule has 17 heavy (non-hydrogen) atoms. The molecule has 1 atom stereocenters. The van der Waals surface area contributed by atoms with Crippen LogP contribution in [0.5, 0.6) is 0 Å². The number of nitrogens with one attached hydrogen (secondary N) is 1. The molecule has 0 saturated carbocycles. The Morgan fingerprint density at radius 1 is 1.59 bits per heavy atom. The van der Waals surface area contributed by atoms with Gasteiger partial charge in [-0.15, -0.1) is 0 Å². The van der Waals surface area contributed by atoms with Crippen molar-refractivity contribution in [3.8, 4) is 6.07 Å². The monoisotopic (exact) mass is 231 g/mol. The highest BCUT2D eigenvalue weighted by molar-refractivity contribution is 5.38. The second-order valence-electron chi connectivity index (χ2n) is 4.35. The molecular weight excluding hydrogens is 214 g/mol. The van der Waals surface area contributed by atoms with Gasteiger partial charge in [-0.05, 0) is 32.9 Å². The number of rotatable bonds is 3. The first-order valence-corrected chi connectivity index (χ1v) is 5.91. The summed E-state index contributed by atoms with van der Waals surface area (Å²) in [6.45, 7) is 3.80. The van der Waals surface area contributed by atoms with E-state index in [0.717, 1.165) is 31.6 Å². The van der Waals surface area contributed by atoms with E-state index in [4.69, 9.17) is 5.26 Å². The molecule has 0 radical (unpaired) electrons. The number of nitrogens with zero attached hydrogens (tertiary/aromatic N) is 4. The van der Waals surface area contributed by atoms with E-state index in [9.17, 15) is 0 Å². The minimum Gasteiger partial charge on any atom is -0.337 e. The van der Waals surface area contributed by atoms with Gasteiger partial charge in [0.2, 0.25) is 5.95 Å². The Labute approximate surface area is 101 Å². The molecule has 1 aliphatic rings. The molecule has 2 heterocycles. The lowest BCUT2D eigenvalue weighted by Gasteiger charge is -2.24. The van der Waals surface area contributed by atoms with E-state index in [1.807, 2.05) is 14.0 Å². The highest BCUT2D eigenvalue weighted by atomic mass is 15.3. The SMILES string of the molecule is CNCC1CCCN1c1nc(C)cc(C#N)n1. The van der Waals surface area contributed by atoms with Gasteiger partial charge in [-0.1, -0.05) is 0 Å². The maximum atomic E-state index is 8.93. The summed E-state index contributed by atoms with van der Waals surface area (Å²) in [6, 6.07) is 4.24. The van der Waals surface area contributed by atoms with Crippen molar-refractivity contribution in [2.24, 2.45) is 0 Å². The second-order valence-corrected chi connectivity index (χ2v) is 4.35. The van der Waals surface area contributed by atoms with E-state index in [2.05, 4.69) is 26.3 Å². The van der Waals surface area contributed by atoms with Gasteiger partial charge in [0.15, 0.2) is 0 Å². The summed E-state index contributed by atoms with van der Waals surface area (Å²) >= 11 is 0. The summed E-state index contributed by atoms with van der Waals surface area (Å²) in [7, 11) is 1.95. The van der Waals surface area contributed by atoms with Crippen molar-refractivity contribution < 1.29 is 0 Å². The van der Waals surface area contributed by atoms with Crippen molar-refractivity contribution in [1.29, 1.82) is 5.26 Å². The number of hydrogen-bond acceptors (Lipinski definition) is 5. The number of likely N-dealkylation sites (N-methyl/N-ethyl adjacent to an activating group) is 1. The summed E-state index contributed by atoms with van der Waals surface area (Å²) in [5.41, 5.74) is 1.30. The van der Waals surface area contributed by atoms with Crippen LogP contribution in [-0.2, 0) is 0 Å². The number of hydrogen-bond donors (Lipinski definition) is 1. The first-order valence-electron chi connectivity index (χ1n) is 5.91. The van der Waals surface area contributed by atoms with Crippen LogP contribution in [0.3, 0.4) is 0 Å². The van der Waals surface area contributed by atoms with Crippen LogP contribution in [0, 0.1) is 18.3 Å². The zero-order valence-corrected chi connectivity index (χ0v) is 10.3. The standard InChI is InChI=1S/C12H17N5/c1-9-6-10(7-13)16-12(15-9)17-5-3-4-11(17)8-14-2/h6,11,14H,3-5,8H2,1-2H3. The highest BCUT2D eigenvalue weighted by Gasteiger charge is 2.26. The molecule has 1 fully saturated rings. The van der Waals surface area contributed by atoms with Crippen molar-refractivity contribution in [2.45, 2.75) is 25.8 Å². The Morgan fingerprint density at radius 3 is 3.12 bits per heavy atom. The van der Waals surface area contributed by atoms with Crippen molar-refractivity contribution in [3.63, 3.8) is 0 Å². The van der Waals surface area contributed by atoms with Gasteiger partial charge in [-0.2, -0.15) is 5.26 Å². The summed E-state index contributed by atoms with van der Waals surface area (Å²) in [5.74, 6) is 0.694. The zero-order chi connectivity index (χ0) is 12.3. The highest BCUT2D eigenvalue weighted by Crippen LogP contribution is 2.22. The average Bonchev–Trinajstić information content (AvgIpc) is 2.77. The Morgan fingerprint density at radius 2 is 2.41 bits per heavy atom. The van der Waals surface area contributed by atoms with E-state index < -0.39 is 0 Å². The molecule has 0 aliphatic carbocycles. The Bertz CT molecular complexity index is 437. The van der Waals surface area contributed by atoms with Crippen LogP contribution in [0.1, 0.15) is 24.2 Å². The van der Waals surface area contributed by atoms with Crippen LogP contribution in [-0.4, -0.2) is 36.1 Å². The summed E-state index contributed by atoms with van der Waals surface area (Å²) in [5, 5.41) is 12.1. The predicted octanol–water partition coefficient (Wildman–Crippen LogP) is 0.845. The van der Waals surface area contributed by atoms with E-state index in [0.29, 0.717) is 17.7 Å². The molecule has 2 rings (SSSR count). The van der Waals surface area contributed by atoms with Crippen molar-refractivity contribution >= 4 is 5.95 Å². The van der Waals surface area contributed by atoms with Crippen molar-refractivity contribution in [2.75, 3.05) is 25.0 Å². The summed E-state index contributed by atoms with van der Waals surface area (Å²) in [6.07, 6.45) is 2.31. The second kappa shape index (κ2) is 5.11. The molecule has 0 spiro atoms. The third-order valence-electron chi connectivity index (χ3n) is 3.03. The molecule has 0 aromatic carbocycles. The van der Waals surface area contributed by atoms with E-state index in [1.54, 1.807) is 6.07 Å². The fraction of sp³-hybridized carbons (Fsp3) is 0.583. The van der Waals surface area contributed by atoms with E-state index in [-0.39, 0.29) is 0 Å². The van der Waals surface area contributed by atoms with Gasteiger partial charge >= 0.3 is 0 Å². The lowest BCUT2D eigenvalue weighted by molar-refractivity contribution is 0.606. The van der Waals surface area contributed by atoms with Crippen LogP contribution in [0.25, 0.3) is 0 Å². The molecule has 0 bridgehead atoms. The van der Waals surface area contributed by atoms with Crippen LogP contribution < -0.4 is 10.2 Å². The first-order chi connectivity index (χ1) is 8.24. The van der Waals surface area contributed by atoms with Gasteiger partial charge in [0.1, 0.15) is 11.8 Å². The fourth-order valence-corrected chi connectivity index (χ4v) is 2.29. The average molecular weight is 231 g/mol. The molecule has 1 N–H and O–H groups in total. The molecule has 1 aromatic rings. The van der Waals surface area contributed by atoms with Gasteiger partial charge in [0.25, 0.3) is 0 Å². The lowest BCUT2D eigenvalue weighted by atomic mass is 10.2. The predicted molar refractivity (Wildman–Crippen MR) is 65.8 cm³/mol. The summed E-state index contributed by atoms with van der Waals surface area (Å²) in [4.78, 5) is 10.9. The number of anilines is 1. The van der Waals surface area contributed by atoms with Gasteiger partial charge in [-0.25, -0.2) is 9.97 Å². The normalized spacial score (nSPS) is 19.4. The number of aromatic nitrogens is 2. The maximum Gasteiger partial charge on any atom is 0.227 e. The molecule has 90 valence electrons. The lowest BCUT2D eigenvalue weighted by Crippen LogP contribution is -2.38. The van der Waals surface area contributed by atoms with Crippen molar-refractivity contribution in [1.82, 2.24) is 15.3 Å². The summed E-state index contributed by atoms with van der Waals surface area (Å²) < 4.78 is 0. The molecular formula is C12H17N5.